The lowest BCUT2D eigenvalue weighted by molar-refractivity contribution is 1.01. The summed E-state index contributed by atoms with van der Waals surface area (Å²) in [4.78, 5) is 1.44. The van der Waals surface area contributed by atoms with Crippen molar-refractivity contribution in [3.63, 3.8) is 0 Å². The Morgan fingerprint density at radius 1 is 0.513 bits per heavy atom. The van der Waals surface area contributed by atoms with Crippen molar-refractivity contribution in [3.05, 3.63) is 138 Å². The Labute approximate surface area is 237 Å². The summed E-state index contributed by atoms with van der Waals surface area (Å²) in [5.41, 5.74) is 1.53. The van der Waals surface area contributed by atoms with Crippen molar-refractivity contribution in [1.29, 1.82) is 0 Å². The highest BCUT2D eigenvalue weighted by Gasteiger charge is 2.44. The second-order valence-electron chi connectivity index (χ2n) is 10.3. The standard InChI is InChI=1S/C36H26S2Si/c1-3-13-25(14-4-1)39(26-15-5-2-6-16-26,33-23-11-19-29-27-17-7-9-21-31(27)37-35(29)33)34-24-12-20-30-28-18-8-10-22-32(28)38-36(30)34/h1-7,9-17,19-24H,8,18H2. The van der Waals surface area contributed by atoms with Crippen molar-refractivity contribution >= 4 is 87.8 Å². The number of allylic oxidation sites excluding steroid dienone is 1. The minimum Gasteiger partial charge on any atom is -0.136 e. The third kappa shape index (κ3) is 3.40. The summed E-state index contributed by atoms with van der Waals surface area (Å²) in [6.45, 7) is 0. The molecule has 7 aromatic rings. The van der Waals surface area contributed by atoms with Crippen LogP contribution in [-0.2, 0) is 6.42 Å². The summed E-state index contributed by atoms with van der Waals surface area (Å²) >= 11 is 3.96. The molecule has 1 aliphatic carbocycles. The van der Waals surface area contributed by atoms with Gasteiger partial charge in [-0.25, -0.2) is 0 Å². The van der Waals surface area contributed by atoms with Crippen molar-refractivity contribution in [2.45, 2.75) is 12.8 Å². The van der Waals surface area contributed by atoms with E-state index in [0.29, 0.717) is 0 Å². The molecular weight excluding hydrogens is 525 g/mol. The second kappa shape index (κ2) is 9.17. The highest BCUT2D eigenvalue weighted by atomic mass is 32.1. The number of fused-ring (bicyclic) bond motifs is 6. The first-order chi connectivity index (χ1) is 19.4. The molecule has 186 valence electrons. The molecule has 0 nitrogen and oxygen atoms in total. The van der Waals surface area contributed by atoms with Gasteiger partial charge in [0.2, 0.25) is 0 Å². The molecule has 0 N–H and O–H groups in total. The molecule has 0 saturated carbocycles. The van der Waals surface area contributed by atoms with Crippen LogP contribution in [0.25, 0.3) is 36.3 Å². The second-order valence-corrected chi connectivity index (χ2v) is 16.2. The average Bonchev–Trinajstić information content (AvgIpc) is 3.58. The molecule has 0 fully saturated rings. The molecule has 2 aromatic heterocycles. The molecule has 2 heterocycles. The zero-order valence-corrected chi connectivity index (χ0v) is 24.1. The van der Waals surface area contributed by atoms with Gasteiger partial charge in [-0.1, -0.05) is 121 Å². The van der Waals surface area contributed by atoms with E-state index in [9.17, 15) is 0 Å². The lowest BCUT2D eigenvalue weighted by Crippen LogP contribution is -2.74. The fourth-order valence-electron chi connectivity index (χ4n) is 6.65. The molecule has 39 heavy (non-hydrogen) atoms. The van der Waals surface area contributed by atoms with Crippen LogP contribution in [0.1, 0.15) is 16.9 Å². The Kier molecular flexibility index (Phi) is 5.44. The van der Waals surface area contributed by atoms with Crippen LogP contribution in [0.2, 0.25) is 0 Å². The molecule has 8 rings (SSSR count). The molecule has 0 atom stereocenters. The molecule has 1 aliphatic rings. The summed E-state index contributed by atoms with van der Waals surface area (Å²) in [5, 5.41) is 10.1. The van der Waals surface area contributed by atoms with Gasteiger partial charge in [0, 0.05) is 29.7 Å². The topological polar surface area (TPSA) is 0 Å². The summed E-state index contributed by atoms with van der Waals surface area (Å²) in [6.07, 6.45) is 6.96. The van der Waals surface area contributed by atoms with Crippen LogP contribution in [-0.4, -0.2) is 8.07 Å². The Balaban J connectivity index is 1.59. The van der Waals surface area contributed by atoms with Gasteiger partial charge in [0.25, 0.3) is 0 Å². The van der Waals surface area contributed by atoms with E-state index in [1.807, 2.05) is 22.7 Å². The van der Waals surface area contributed by atoms with Crippen LogP contribution in [0.4, 0.5) is 0 Å². The molecular formula is C36H26S2Si. The van der Waals surface area contributed by atoms with Crippen molar-refractivity contribution in [2.24, 2.45) is 0 Å². The van der Waals surface area contributed by atoms with E-state index < -0.39 is 8.07 Å². The maximum atomic E-state index is 2.45. The predicted molar refractivity (Wildman–Crippen MR) is 176 cm³/mol. The van der Waals surface area contributed by atoms with E-state index in [2.05, 4.69) is 133 Å². The van der Waals surface area contributed by atoms with Crippen LogP contribution in [0.3, 0.4) is 0 Å². The zero-order chi connectivity index (χ0) is 25.8. The van der Waals surface area contributed by atoms with Gasteiger partial charge in [0.15, 0.2) is 8.07 Å². The van der Waals surface area contributed by atoms with E-state index in [1.54, 1.807) is 0 Å². The lowest BCUT2D eigenvalue weighted by atomic mass is 10.0. The van der Waals surface area contributed by atoms with Crippen molar-refractivity contribution in [2.75, 3.05) is 0 Å². The minimum absolute atomic E-state index is 1.13. The van der Waals surface area contributed by atoms with Gasteiger partial charge in [-0.2, -0.15) is 0 Å². The van der Waals surface area contributed by atoms with Gasteiger partial charge in [-0.15, -0.1) is 22.7 Å². The summed E-state index contributed by atoms with van der Waals surface area (Å²) in [7, 11) is -2.71. The monoisotopic (exact) mass is 550 g/mol. The SMILES string of the molecule is C1=Cc2sc3c([Si](c4ccccc4)(c4ccccc4)c4cccc5c4sc4ccccc45)cccc3c2CC1. The average molecular weight is 551 g/mol. The maximum Gasteiger partial charge on any atom is 0.182 e. The van der Waals surface area contributed by atoms with Crippen molar-refractivity contribution in [1.82, 2.24) is 0 Å². The molecule has 0 amide bonds. The van der Waals surface area contributed by atoms with Crippen LogP contribution >= 0.6 is 22.7 Å². The molecule has 0 spiro atoms. The van der Waals surface area contributed by atoms with Gasteiger partial charge in [0.05, 0.1) is 0 Å². The van der Waals surface area contributed by atoms with E-state index >= 15 is 0 Å². The van der Waals surface area contributed by atoms with Gasteiger partial charge < -0.3 is 0 Å². The quantitative estimate of drug-likeness (QED) is 0.156. The minimum atomic E-state index is -2.71. The summed E-state index contributed by atoms with van der Waals surface area (Å²) < 4.78 is 4.25. The first-order valence-corrected chi connectivity index (χ1v) is 17.2. The van der Waals surface area contributed by atoms with Crippen LogP contribution < -0.4 is 20.7 Å². The molecule has 0 aliphatic heterocycles. The van der Waals surface area contributed by atoms with E-state index in [4.69, 9.17) is 0 Å². The van der Waals surface area contributed by atoms with Gasteiger partial charge in [-0.05, 0) is 56.7 Å². The van der Waals surface area contributed by atoms with Gasteiger partial charge >= 0.3 is 0 Å². The molecule has 5 aromatic carbocycles. The van der Waals surface area contributed by atoms with E-state index in [0.717, 1.165) is 12.8 Å². The highest BCUT2D eigenvalue weighted by molar-refractivity contribution is 7.32. The molecule has 0 unspecified atom stereocenters. The number of hydrogen-bond acceptors (Lipinski definition) is 2. The Bertz CT molecular complexity index is 1970. The Morgan fingerprint density at radius 3 is 1.82 bits per heavy atom. The fourth-order valence-corrected chi connectivity index (χ4v) is 15.1. The molecule has 0 radical (unpaired) electrons. The zero-order valence-electron chi connectivity index (χ0n) is 21.4. The normalized spacial score (nSPS) is 13.3. The largest absolute Gasteiger partial charge is 0.182 e. The van der Waals surface area contributed by atoms with Crippen molar-refractivity contribution in [3.8, 4) is 0 Å². The van der Waals surface area contributed by atoms with Crippen molar-refractivity contribution < 1.29 is 0 Å². The predicted octanol–water partition coefficient (Wildman–Crippen LogP) is 7.61. The Morgan fingerprint density at radius 2 is 1.10 bits per heavy atom. The molecule has 3 heteroatoms. The maximum absolute atomic E-state index is 2.71. The van der Waals surface area contributed by atoms with Crippen LogP contribution in [0, 0.1) is 0 Å². The first-order valence-electron chi connectivity index (χ1n) is 13.6. The smallest absolute Gasteiger partial charge is 0.136 e. The molecule has 0 bridgehead atoms. The van der Waals surface area contributed by atoms with E-state index in [1.165, 1.54) is 61.4 Å². The first kappa shape index (κ1) is 23.2. The highest BCUT2D eigenvalue weighted by Crippen LogP contribution is 2.37. The third-order valence-corrected chi connectivity index (χ3v) is 16.0. The number of aryl methyl sites for hydroxylation is 1. The van der Waals surface area contributed by atoms with Gasteiger partial charge in [-0.3, -0.25) is 0 Å². The van der Waals surface area contributed by atoms with Crippen LogP contribution in [0.5, 0.6) is 0 Å². The van der Waals surface area contributed by atoms with Gasteiger partial charge in [0.1, 0.15) is 0 Å². The van der Waals surface area contributed by atoms with Crippen LogP contribution in [0.15, 0.2) is 127 Å². The summed E-state index contributed by atoms with van der Waals surface area (Å²) in [6, 6.07) is 45.9. The number of rotatable bonds is 4. The number of benzene rings is 5. The third-order valence-electron chi connectivity index (χ3n) is 8.31. The number of hydrogen-bond donors (Lipinski definition) is 0. The Hall–Kier alpha value is -3.76. The van der Waals surface area contributed by atoms with E-state index in [-0.39, 0.29) is 0 Å². The lowest BCUT2D eigenvalue weighted by Gasteiger charge is -2.35. The summed E-state index contributed by atoms with van der Waals surface area (Å²) in [5.74, 6) is 0. The fraction of sp³-hybridized carbons (Fsp3) is 0.0556. The molecule has 0 saturated heterocycles. The number of thiophene rings is 2.